The largest absolute Gasteiger partial charge is 0.497 e. The number of halogens is 1. The van der Waals surface area contributed by atoms with E-state index in [1.54, 1.807) is 43.1 Å². The molecule has 0 saturated carbocycles. The molecule has 2 aromatic carbocycles. The summed E-state index contributed by atoms with van der Waals surface area (Å²) in [6, 6.07) is 12.7. The number of aromatic nitrogens is 4. The topological polar surface area (TPSA) is 90.1 Å². The van der Waals surface area contributed by atoms with Gasteiger partial charge in [0.25, 0.3) is 0 Å². The number of carboxylic acids is 1. The quantitative estimate of drug-likeness (QED) is 0.497. The SMILES string of the molecule is COc1ccc(Cn2cc3nc(-c4cccc(C(=O)O)c4C)nc(Cl)c3n2)cc1. The van der Waals surface area contributed by atoms with Gasteiger partial charge in [0.05, 0.1) is 25.4 Å². The van der Waals surface area contributed by atoms with Crippen molar-refractivity contribution in [3.63, 3.8) is 0 Å². The van der Waals surface area contributed by atoms with Crippen LogP contribution in [0.2, 0.25) is 5.15 Å². The maximum atomic E-state index is 11.4. The first-order valence-corrected chi connectivity index (χ1v) is 9.21. The molecule has 0 unspecified atom stereocenters. The Bertz CT molecular complexity index is 1220. The minimum absolute atomic E-state index is 0.206. The van der Waals surface area contributed by atoms with E-state index in [0.29, 0.717) is 34.5 Å². The first kappa shape index (κ1) is 18.9. The summed E-state index contributed by atoms with van der Waals surface area (Å²) >= 11 is 6.36. The average Bonchev–Trinajstić information content (AvgIpc) is 3.11. The van der Waals surface area contributed by atoms with Crippen molar-refractivity contribution in [2.45, 2.75) is 13.5 Å². The fourth-order valence-electron chi connectivity index (χ4n) is 3.15. The molecule has 8 heteroatoms. The second-order valence-corrected chi connectivity index (χ2v) is 6.89. The van der Waals surface area contributed by atoms with Crippen molar-refractivity contribution in [1.82, 2.24) is 19.7 Å². The van der Waals surface area contributed by atoms with Gasteiger partial charge in [-0.1, -0.05) is 35.9 Å². The molecule has 7 nitrogen and oxygen atoms in total. The lowest BCUT2D eigenvalue weighted by atomic mass is 10.0. The Morgan fingerprint density at radius 3 is 2.62 bits per heavy atom. The number of ether oxygens (including phenoxy) is 1. The van der Waals surface area contributed by atoms with Crippen molar-refractivity contribution < 1.29 is 14.6 Å². The lowest BCUT2D eigenvalue weighted by molar-refractivity contribution is 0.0696. The molecule has 4 rings (SSSR count). The predicted molar refractivity (Wildman–Crippen MR) is 110 cm³/mol. The highest BCUT2D eigenvalue weighted by Gasteiger charge is 2.16. The zero-order valence-electron chi connectivity index (χ0n) is 15.8. The smallest absolute Gasteiger partial charge is 0.335 e. The number of carbonyl (C=O) groups is 1. The second-order valence-electron chi connectivity index (χ2n) is 6.53. The van der Waals surface area contributed by atoms with Crippen molar-refractivity contribution >= 4 is 28.6 Å². The number of methoxy groups -OCH3 is 1. The number of aromatic carboxylic acids is 1. The number of fused-ring (bicyclic) bond motifs is 1. The van der Waals surface area contributed by atoms with Gasteiger partial charge in [-0.15, -0.1) is 0 Å². The maximum Gasteiger partial charge on any atom is 0.335 e. The lowest BCUT2D eigenvalue weighted by Crippen LogP contribution is -2.02. The van der Waals surface area contributed by atoms with Crippen LogP contribution in [0, 0.1) is 6.92 Å². The molecule has 0 spiro atoms. The van der Waals surface area contributed by atoms with Crippen molar-refractivity contribution in [1.29, 1.82) is 0 Å². The van der Waals surface area contributed by atoms with Gasteiger partial charge in [0.15, 0.2) is 11.0 Å². The van der Waals surface area contributed by atoms with E-state index in [9.17, 15) is 9.90 Å². The van der Waals surface area contributed by atoms with Crippen molar-refractivity contribution in [3.8, 4) is 17.1 Å². The fourth-order valence-corrected chi connectivity index (χ4v) is 3.37. The molecule has 2 aromatic heterocycles. The van der Waals surface area contributed by atoms with E-state index >= 15 is 0 Å². The highest BCUT2D eigenvalue weighted by molar-refractivity contribution is 6.33. The highest BCUT2D eigenvalue weighted by atomic mass is 35.5. The Morgan fingerprint density at radius 2 is 1.93 bits per heavy atom. The molecule has 2 heterocycles. The Hall–Kier alpha value is -3.45. The molecule has 1 N–H and O–H groups in total. The van der Waals surface area contributed by atoms with E-state index in [-0.39, 0.29) is 10.7 Å². The molecule has 0 aliphatic heterocycles. The molecular weight excluding hydrogens is 392 g/mol. The van der Waals surface area contributed by atoms with E-state index in [4.69, 9.17) is 16.3 Å². The summed E-state index contributed by atoms with van der Waals surface area (Å²) in [6.07, 6.45) is 1.80. The molecule has 4 aromatic rings. The molecule has 29 heavy (non-hydrogen) atoms. The van der Waals surface area contributed by atoms with E-state index < -0.39 is 5.97 Å². The molecule has 0 amide bonds. The zero-order valence-corrected chi connectivity index (χ0v) is 16.5. The Morgan fingerprint density at radius 1 is 1.17 bits per heavy atom. The summed E-state index contributed by atoms with van der Waals surface area (Å²) in [5.41, 5.74) is 3.55. The van der Waals surface area contributed by atoms with Gasteiger partial charge in [-0.05, 0) is 36.2 Å². The van der Waals surface area contributed by atoms with Crippen LogP contribution < -0.4 is 4.74 Å². The van der Waals surface area contributed by atoms with Crippen molar-refractivity contribution in [2.75, 3.05) is 7.11 Å². The number of benzene rings is 2. The Balaban J connectivity index is 1.72. The molecule has 0 fully saturated rings. The average molecular weight is 409 g/mol. The van der Waals surface area contributed by atoms with Crippen LogP contribution in [0.3, 0.4) is 0 Å². The van der Waals surface area contributed by atoms with Crippen LogP contribution in [0.5, 0.6) is 5.75 Å². The third-order valence-electron chi connectivity index (χ3n) is 4.68. The van der Waals surface area contributed by atoms with Gasteiger partial charge in [0.2, 0.25) is 0 Å². The van der Waals surface area contributed by atoms with Crippen LogP contribution in [0.15, 0.2) is 48.7 Å². The molecular formula is C21H17ClN4O3. The molecule has 0 atom stereocenters. The van der Waals surface area contributed by atoms with E-state index in [1.807, 2.05) is 24.3 Å². The van der Waals surface area contributed by atoms with E-state index in [2.05, 4.69) is 15.1 Å². The van der Waals surface area contributed by atoms with Crippen LogP contribution in [-0.4, -0.2) is 37.9 Å². The highest BCUT2D eigenvalue weighted by Crippen LogP contribution is 2.27. The summed E-state index contributed by atoms with van der Waals surface area (Å²) in [6.45, 7) is 2.27. The molecule has 0 radical (unpaired) electrons. The summed E-state index contributed by atoms with van der Waals surface area (Å²) < 4.78 is 6.92. The van der Waals surface area contributed by atoms with Crippen molar-refractivity contribution in [3.05, 3.63) is 70.5 Å². The van der Waals surface area contributed by atoms with Crippen LogP contribution >= 0.6 is 11.6 Å². The lowest BCUT2D eigenvalue weighted by Gasteiger charge is -2.07. The van der Waals surface area contributed by atoms with E-state index in [1.165, 1.54) is 0 Å². The Labute approximate surface area is 171 Å². The van der Waals surface area contributed by atoms with Gasteiger partial charge in [-0.25, -0.2) is 14.8 Å². The van der Waals surface area contributed by atoms with Crippen LogP contribution in [0.1, 0.15) is 21.5 Å². The second kappa shape index (κ2) is 7.52. The van der Waals surface area contributed by atoms with Crippen molar-refractivity contribution in [2.24, 2.45) is 0 Å². The maximum absolute atomic E-state index is 11.4. The summed E-state index contributed by atoms with van der Waals surface area (Å²) in [4.78, 5) is 20.3. The number of hydrogen-bond donors (Lipinski definition) is 1. The summed E-state index contributed by atoms with van der Waals surface area (Å²) in [5, 5.41) is 14.1. The summed E-state index contributed by atoms with van der Waals surface area (Å²) in [7, 11) is 1.63. The van der Waals surface area contributed by atoms with Gasteiger partial charge in [0.1, 0.15) is 16.8 Å². The van der Waals surface area contributed by atoms with Gasteiger partial charge in [-0.2, -0.15) is 5.10 Å². The number of carboxylic acid groups (broad SMARTS) is 1. The molecule has 0 bridgehead atoms. The summed E-state index contributed by atoms with van der Waals surface area (Å²) in [5.74, 6) is 0.160. The zero-order chi connectivity index (χ0) is 20.5. The molecule has 0 saturated heterocycles. The minimum atomic E-state index is -0.996. The monoisotopic (exact) mass is 408 g/mol. The molecule has 146 valence electrons. The van der Waals surface area contributed by atoms with Crippen LogP contribution in [-0.2, 0) is 6.54 Å². The van der Waals surface area contributed by atoms with Crippen LogP contribution in [0.25, 0.3) is 22.4 Å². The Kier molecular flexibility index (Phi) is 4.90. The van der Waals surface area contributed by atoms with Gasteiger partial charge < -0.3 is 9.84 Å². The molecule has 0 aliphatic carbocycles. The third-order valence-corrected chi connectivity index (χ3v) is 4.94. The number of rotatable bonds is 5. The third kappa shape index (κ3) is 3.64. The minimum Gasteiger partial charge on any atom is -0.497 e. The van der Waals surface area contributed by atoms with Crippen LogP contribution in [0.4, 0.5) is 0 Å². The first-order chi connectivity index (χ1) is 14.0. The normalized spacial score (nSPS) is 11.0. The standard InChI is InChI=1S/C21H17ClN4O3/c1-12-15(4-3-5-16(12)21(27)28)20-23-17-11-26(25-18(17)19(22)24-20)10-13-6-8-14(29-2)9-7-13/h3-9,11H,10H2,1-2H3,(H,27,28). The van der Waals surface area contributed by atoms with E-state index in [0.717, 1.165) is 11.3 Å². The first-order valence-electron chi connectivity index (χ1n) is 8.83. The fraction of sp³-hybridized carbons (Fsp3) is 0.143. The van der Waals surface area contributed by atoms with Gasteiger partial charge in [-0.3, -0.25) is 4.68 Å². The number of nitrogens with zero attached hydrogens (tertiary/aromatic N) is 4. The van der Waals surface area contributed by atoms with Gasteiger partial charge in [0, 0.05) is 5.56 Å². The van der Waals surface area contributed by atoms with Gasteiger partial charge >= 0.3 is 5.97 Å². The number of hydrogen-bond acceptors (Lipinski definition) is 5. The molecule has 0 aliphatic rings. The predicted octanol–water partition coefficient (Wildman–Crippen LogP) is 4.21.